The number of piperazine rings is 1. The summed E-state index contributed by atoms with van der Waals surface area (Å²) in [6, 6.07) is 4.48. The number of hydrogen-bond acceptors (Lipinski definition) is 4. The molecule has 0 spiro atoms. The maximum Gasteiger partial charge on any atom is 0.270 e. The van der Waals surface area contributed by atoms with Crippen molar-refractivity contribution in [2.45, 2.75) is 13.0 Å². The first-order chi connectivity index (χ1) is 9.00. The Balaban J connectivity index is 2.26. The molecule has 0 saturated carbocycles. The summed E-state index contributed by atoms with van der Waals surface area (Å²) >= 11 is 1.97. The largest absolute Gasteiger partial charge is 0.333 e. The number of nitro benzene ring substituents is 1. The summed E-state index contributed by atoms with van der Waals surface area (Å²) in [5, 5.41) is 13.9. The molecule has 0 aliphatic carbocycles. The summed E-state index contributed by atoms with van der Waals surface area (Å²) in [4.78, 5) is 24.5. The molecule has 1 saturated heterocycles. The van der Waals surface area contributed by atoms with Crippen molar-refractivity contribution in [1.29, 1.82) is 0 Å². The quantitative estimate of drug-likeness (QED) is 0.485. The number of carbonyl (C=O) groups is 1. The van der Waals surface area contributed by atoms with Gasteiger partial charge < -0.3 is 10.2 Å². The van der Waals surface area contributed by atoms with E-state index in [4.69, 9.17) is 0 Å². The molecule has 102 valence electrons. The van der Waals surface area contributed by atoms with Crippen LogP contribution in [0.1, 0.15) is 17.3 Å². The number of non-ortho nitro benzene ring substituents is 1. The van der Waals surface area contributed by atoms with Crippen LogP contribution in [0.4, 0.5) is 5.69 Å². The second kappa shape index (κ2) is 5.83. The van der Waals surface area contributed by atoms with Gasteiger partial charge in [0.05, 0.1) is 10.5 Å². The lowest BCUT2D eigenvalue weighted by Gasteiger charge is -2.34. The third-order valence-corrected chi connectivity index (χ3v) is 4.05. The topological polar surface area (TPSA) is 75.5 Å². The van der Waals surface area contributed by atoms with Crippen molar-refractivity contribution in [3.8, 4) is 0 Å². The van der Waals surface area contributed by atoms with Crippen LogP contribution in [-0.2, 0) is 0 Å². The molecule has 6 nitrogen and oxygen atoms in total. The molecule has 1 fully saturated rings. The van der Waals surface area contributed by atoms with Crippen LogP contribution in [0.25, 0.3) is 0 Å². The number of halogens is 1. The molecule has 0 aromatic heterocycles. The average molecular weight is 375 g/mol. The van der Waals surface area contributed by atoms with E-state index in [2.05, 4.69) is 5.32 Å². The highest BCUT2D eigenvalue weighted by Crippen LogP contribution is 2.22. The van der Waals surface area contributed by atoms with E-state index in [1.54, 1.807) is 4.90 Å². The maximum absolute atomic E-state index is 12.4. The molecule has 0 radical (unpaired) electrons. The highest BCUT2D eigenvalue weighted by Gasteiger charge is 2.26. The Kier molecular flexibility index (Phi) is 4.35. The monoisotopic (exact) mass is 375 g/mol. The van der Waals surface area contributed by atoms with Crippen LogP contribution in [0.15, 0.2) is 18.2 Å². The lowest BCUT2D eigenvalue weighted by Crippen LogP contribution is -2.52. The number of nitrogens with zero attached hydrogens (tertiary/aromatic N) is 2. The van der Waals surface area contributed by atoms with Crippen LogP contribution >= 0.6 is 22.6 Å². The maximum atomic E-state index is 12.4. The molecule has 1 aromatic rings. The van der Waals surface area contributed by atoms with E-state index >= 15 is 0 Å². The first kappa shape index (κ1) is 14.2. The van der Waals surface area contributed by atoms with Gasteiger partial charge in [0, 0.05) is 41.4 Å². The van der Waals surface area contributed by atoms with Crippen molar-refractivity contribution < 1.29 is 9.72 Å². The molecule has 1 amide bonds. The zero-order valence-electron chi connectivity index (χ0n) is 10.4. The SMILES string of the molecule is C[C@H]1CNCCN1C(=O)c1ccc([N+](=O)[O-])cc1I. The van der Waals surface area contributed by atoms with Gasteiger partial charge in [-0.15, -0.1) is 0 Å². The Labute approximate surface area is 124 Å². The summed E-state index contributed by atoms with van der Waals surface area (Å²) in [6.07, 6.45) is 0. The van der Waals surface area contributed by atoms with Crippen molar-refractivity contribution in [3.63, 3.8) is 0 Å². The fourth-order valence-corrected chi connectivity index (χ4v) is 2.82. The molecule has 1 N–H and O–H groups in total. The van der Waals surface area contributed by atoms with Crippen LogP contribution in [0, 0.1) is 13.7 Å². The molecule has 1 aliphatic rings. The zero-order chi connectivity index (χ0) is 14.0. The van der Waals surface area contributed by atoms with Crippen molar-refractivity contribution >= 4 is 34.2 Å². The van der Waals surface area contributed by atoms with Crippen molar-refractivity contribution in [2.75, 3.05) is 19.6 Å². The van der Waals surface area contributed by atoms with Gasteiger partial charge in [-0.3, -0.25) is 14.9 Å². The van der Waals surface area contributed by atoms with Crippen LogP contribution < -0.4 is 5.32 Å². The summed E-state index contributed by atoms with van der Waals surface area (Å²) in [6.45, 7) is 4.20. The molecule has 1 heterocycles. The highest BCUT2D eigenvalue weighted by molar-refractivity contribution is 14.1. The Morgan fingerprint density at radius 3 is 2.89 bits per heavy atom. The minimum atomic E-state index is -0.455. The smallest absolute Gasteiger partial charge is 0.270 e. The number of rotatable bonds is 2. The minimum Gasteiger partial charge on any atom is -0.333 e. The molecule has 2 rings (SSSR count). The standard InChI is InChI=1S/C12H14IN3O3/c1-8-7-14-4-5-15(8)12(17)10-3-2-9(16(18)19)6-11(10)13/h2-3,6,8,14H,4-5,7H2,1H3/t8-/m0/s1. The second-order valence-corrected chi connectivity index (χ2v) is 5.64. The Bertz CT molecular complexity index is 521. The predicted molar refractivity (Wildman–Crippen MR) is 79.2 cm³/mol. The van der Waals surface area contributed by atoms with Gasteiger partial charge in [0.1, 0.15) is 0 Å². The number of amides is 1. The van der Waals surface area contributed by atoms with E-state index in [9.17, 15) is 14.9 Å². The molecule has 19 heavy (non-hydrogen) atoms. The third kappa shape index (κ3) is 3.03. The van der Waals surface area contributed by atoms with E-state index in [0.717, 1.165) is 13.1 Å². The summed E-state index contributed by atoms with van der Waals surface area (Å²) in [5.41, 5.74) is 0.536. The van der Waals surface area contributed by atoms with Crippen molar-refractivity contribution in [1.82, 2.24) is 10.2 Å². The molecular formula is C12H14IN3O3. The Morgan fingerprint density at radius 1 is 1.58 bits per heavy atom. The van der Waals surface area contributed by atoms with E-state index in [1.165, 1.54) is 18.2 Å². The fourth-order valence-electron chi connectivity index (χ4n) is 2.09. The lowest BCUT2D eigenvalue weighted by atomic mass is 10.1. The lowest BCUT2D eigenvalue weighted by molar-refractivity contribution is -0.384. The second-order valence-electron chi connectivity index (χ2n) is 4.47. The van der Waals surface area contributed by atoms with Crippen molar-refractivity contribution in [2.24, 2.45) is 0 Å². The van der Waals surface area contributed by atoms with Crippen LogP contribution in [-0.4, -0.2) is 41.4 Å². The number of nitro groups is 1. The first-order valence-corrected chi connectivity index (χ1v) is 7.04. The Hall–Kier alpha value is -1.22. The van der Waals surface area contributed by atoms with E-state index in [1.807, 2.05) is 29.5 Å². The molecular weight excluding hydrogens is 361 g/mol. The van der Waals surface area contributed by atoms with Gasteiger partial charge in [0.15, 0.2) is 0 Å². The van der Waals surface area contributed by atoms with Gasteiger partial charge >= 0.3 is 0 Å². The molecule has 7 heteroatoms. The summed E-state index contributed by atoms with van der Waals surface area (Å²) in [5.74, 6) is -0.0618. The van der Waals surface area contributed by atoms with Gasteiger partial charge in [-0.25, -0.2) is 0 Å². The van der Waals surface area contributed by atoms with Gasteiger partial charge in [-0.2, -0.15) is 0 Å². The first-order valence-electron chi connectivity index (χ1n) is 5.96. The van der Waals surface area contributed by atoms with Crippen LogP contribution in [0.3, 0.4) is 0 Å². The van der Waals surface area contributed by atoms with Gasteiger partial charge in [-0.05, 0) is 35.6 Å². The van der Waals surface area contributed by atoms with Gasteiger partial charge in [0.2, 0.25) is 0 Å². The molecule has 1 atom stereocenters. The Morgan fingerprint density at radius 2 is 2.32 bits per heavy atom. The number of benzene rings is 1. The minimum absolute atomic E-state index is 0.00862. The van der Waals surface area contributed by atoms with E-state index in [0.29, 0.717) is 15.7 Å². The highest BCUT2D eigenvalue weighted by atomic mass is 127. The third-order valence-electron chi connectivity index (χ3n) is 3.16. The fraction of sp³-hybridized carbons (Fsp3) is 0.417. The normalized spacial score (nSPS) is 19.3. The zero-order valence-corrected chi connectivity index (χ0v) is 12.6. The summed E-state index contributed by atoms with van der Waals surface area (Å²) < 4.78 is 0.613. The number of nitrogens with one attached hydrogen (secondary N) is 1. The van der Waals surface area contributed by atoms with Crippen molar-refractivity contribution in [3.05, 3.63) is 37.4 Å². The van der Waals surface area contributed by atoms with Crippen LogP contribution in [0.2, 0.25) is 0 Å². The van der Waals surface area contributed by atoms with E-state index in [-0.39, 0.29) is 17.6 Å². The molecule has 0 bridgehead atoms. The molecule has 1 aliphatic heterocycles. The molecule has 1 aromatic carbocycles. The van der Waals surface area contributed by atoms with E-state index < -0.39 is 4.92 Å². The summed E-state index contributed by atoms with van der Waals surface area (Å²) in [7, 11) is 0. The van der Waals surface area contributed by atoms with Gasteiger partial charge in [0.25, 0.3) is 11.6 Å². The molecule has 0 unspecified atom stereocenters. The van der Waals surface area contributed by atoms with Crippen LogP contribution in [0.5, 0.6) is 0 Å². The van der Waals surface area contributed by atoms with Gasteiger partial charge in [-0.1, -0.05) is 0 Å². The number of carbonyl (C=O) groups excluding carboxylic acids is 1. The number of hydrogen-bond donors (Lipinski definition) is 1. The average Bonchev–Trinajstić information content (AvgIpc) is 2.38. The predicted octanol–water partition coefficient (Wildman–Crippen LogP) is 1.63.